The molecule has 3 aromatic heterocycles. The van der Waals surface area contributed by atoms with E-state index in [0.29, 0.717) is 5.56 Å². The van der Waals surface area contributed by atoms with Gasteiger partial charge in [-0.25, -0.2) is 0 Å². The molecule has 0 saturated heterocycles. The van der Waals surface area contributed by atoms with E-state index in [1.165, 1.54) is 5.56 Å². The third-order valence-electron chi connectivity index (χ3n) is 20.9. The molecule has 0 radical (unpaired) electrons. The Morgan fingerprint density at radius 3 is 1.24 bits per heavy atom. The quantitative estimate of drug-likeness (QED) is 0.131. The molecule has 0 fully saturated rings. The number of fused-ring (bicyclic) bond motifs is 12. The van der Waals surface area contributed by atoms with Gasteiger partial charge >= 0.3 is 0 Å². The van der Waals surface area contributed by atoms with Crippen LogP contribution in [0.1, 0.15) is 35.4 Å². The fourth-order valence-electron chi connectivity index (χ4n) is 16.5. The van der Waals surface area contributed by atoms with Crippen LogP contribution in [0, 0.1) is 18.3 Å². The molecule has 2 aliphatic rings. The van der Waals surface area contributed by atoms with Gasteiger partial charge in [0.1, 0.15) is 11.6 Å². The highest BCUT2D eigenvalue weighted by atomic mass is 15.2. The van der Waals surface area contributed by atoms with Gasteiger partial charge < -0.3 is 23.9 Å². The lowest BCUT2D eigenvalue weighted by Crippen LogP contribution is -2.32. The fraction of sp³-hybridized carbons (Fsp3) is 0.0543. The van der Waals surface area contributed by atoms with E-state index in [-0.39, 0.29) is 12.0 Å². The highest BCUT2D eigenvalue weighted by Crippen LogP contribution is 2.58. The van der Waals surface area contributed by atoms with Gasteiger partial charge in [0.15, 0.2) is 0 Å². The molecule has 2 unspecified atom stereocenters. The number of benzene rings is 14. The molecule has 19 rings (SSSR count). The first-order valence-corrected chi connectivity index (χ1v) is 34.0. The second-order valence-corrected chi connectivity index (χ2v) is 26.2. The van der Waals surface area contributed by atoms with Crippen LogP contribution in [0.5, 0.6) is 0 Å². The maximum absolute atomic E-state index is 13.5. The van der Waals surface area contributed by atoms with Crippen molar-refractivity contribution in [3.8, 4) is 78.8 Å². The van der Waals surface area contributed by atoms with E-state index < -0.39 is 0 Å². The molecule has 14 aromatic carbocycles. The monoisotopic (exact) mass is 1250 g/mol. The smallest absolute Gasteiger partial charge is 0.104 e. The molecule has 6 heteroatoms. The lowest BCUT2D eigenvalue weighted by atomic mass is 9.86. The highest BCUT2D eigenvalue weighted by molar-refractivity contribution is 6.18. The second kappa shape index (κ2) is 23.1. The van der Waals surface area contributed by atoms with Gasteiger partial charge in [-0.3, -0.25) is 0 Å². The van der Waals surface area contributed by atoms with Crippen LogP contribution in [0.2, 0.25) is 0 Å². The van der Waals surface area contributed by atoms with E-state index in [1.807, 2.05) is 0 Å². The minimum Gasteiger partial charge on any atom is -0.351 e. The van der Waals surface area contributed by atoms with Crippen LogP contribution < -0.4 is 10.2 Å². The summed E-state index contributed by atoms with van der Waals surface area (Å²) >= 11 is 0. The van der Waals surface area contributed by atoms with E-state index in [9.17, 15) is 5.26 Å². The van der Waals surface area contributed by atoms with Crippen molar-refractivity contribution in [2.75, 3.05) is 10.2 Å². The summed E-state index contributed by atoms with van der Waals surface area (Å²) in [7, 11) is 0. The van der Waals surface area contributed by atoms with Crippen LogP contribution in [-0.4, -0.2) is 19.7 Å². The Kier molecular flexibility index (Phi) is 13.4. The number of aromatic nitrogens is 3. The number of hydrogen-bond donors (Lipinski definition) is 1. The third kappa shape index (κ3) is 8.94. The molecule has 98 heavy (non-hydrogen) atoms. The van der Waals surface area contributed by atoms with Gasteiger partial charge in [0.05, 0.1) is 67.6 Å². The summed E-state index contributed by atoms with van der Waals surface area (Å²) in [5, 5.41) is 24.5. The first-order chi connectivity index (χ1) is 48.5. The average Bonchev–Trinajstić information content (AvgIpc) is 1.46. The van der Waals surface area contributed by atoms with E-state index in [1.54, 1.807) is 0 Å². The molecule has 0 spiro atoms. The Morgan fingerprint density at radius 1 is 0.357 bits per heavy atom. The van der Waals surface area contributed by atoms with Crippen molar-refractivity contribution < 1.29 is 0 Å². The number of anilines is 4. The Bertz CT molecular complexity index is 5880. The molecule has 1 aliphatic heterocycles. The van der Waals surface area contributed by atoms with Crippen molar-refractivity contribution in [2.45, 2.75) is 31.7 Å². The minimum absolute atomic E-state index is 0.139. The molecule has 17 aromatic rings. The summed E-state index contributed by atoms with van der Waals surface area (Å²) in [6.07, 6.45) is 6.73. The van der Waals surface area contributed by atoms with Crippen LogP contribution in [-0.2, 0) is 0 Å². The summed E-state index contributed by atoms with van der Waals surface area (Å²) in [5.74, 6) is 0.153. The van der Waals surface area contributed by atoms with Gasteiger partial charge in [0.2, 0.25) is 0 Å². The number of nitrogens with zero attached hydrogens (tertiary/aromatic N) is 5. The number of allylic oxidation sites excluding steroid dienone is 1. The van der Waals surface area contributed by atoms with Gasteiger partial charge in [0.25, 0.3) is 0 Å². The van der Waals surface area contributed by atoms with Crippen molar-refractivity contribution in [1.82, 2.24) is 13.7 Å². The number of aryl methyl sites for hydroxylation is 1. The van der Waals surface area contributed by atoms with Crippen molar-refractivity contribution in [2.24, 2.45) is 0 Å². The number of rotatable bonds is 11. The molecule has 0 saturated carbocycles. The Morgan fingerprint density at radius 2 is 0.755 bits per heavy atom. The molecular formula is C92H64N6. The zero-order chi connectivity index (χ0) is 65.0. The summed E-state index contributed by atoms with van der Waals surface area (Å²) in [5.41, 5.74) is 26.2. The van der Waals surface area contributed by atoms with Crippen LogP contribution in [0.3, 0.4) is 0 Å². The third-order valence-corrected chi connectivity index (χ3v) is 20.9. The second-order valence-electron chi connectivity index (χ2n) is 26.2. The average molecular weight is 1250 g/mol. The molecule has 6 nitrogen and oxygen atoms in total. The first-order valence-electron chi connectivity index (χ1n) is 34.0. The predicted octanol–water partition coefficient (Wildman–Crippen LogP) is 24.2. The number of hydrogen-bond acceptors (Lipinski definition) is 3. The number of nitriles is 1. The Balaban J connectivity index is 1.08. The van der Waals surface area contributed by atoms with Crippen LogP contribution in [0.4, 0.5) is 22.7 Å². The van der Waals surface area contributed by atoms with Crippen LogP contribution in [0.15, 0.2) is 328 Å². The standard InChI is InChI=1S/C92H64N6/c1-59-26-14-15-35-68(59)69-36-16-21-41-79(69)94-88-91(97-84-50-46-64(60-27-6-2-7-28-60)54-74(84)75-55-65(47-51-85(75)97)61-29-8-3-9-30-61)89(95-80-42-22-17-37-70(80)71-38-18-23-43-81(71)95)78(58-93)90(96-82-44-24-19-39-72(82)73-40-20-25-45-83(73)96)92(88)98-86-52-48-66(62-31-10-4-11-32-62)56-76(86)77-57-67(49-53-87(77)98)63-33-12-5-13-34-63/h2-19,21-39,41-57,73,83,94H,20,40H2,1H3. The molecule has 462 valence electrons. The van der Waals surface area contributed by atoms with Crippen molar-refractivity contribution in [3.63, 3.8) is 0 Å². The fourth-order valence-corrected chi connectivity index (χ4v) is 16.5. The lowest BCUT2D eigenvalue weighted by molar-refractivity contribution is 0.572. The molecular weight excluding hydrogens is 1190 g/mol. The summed E-state index contributed by atoms with van der Waals surface area (Å²) in [6, 6.07) is 118. The molecule has 0 bridgehead atoms. The molecule has 4 heterocycles. The van der Waals surface area contributed by atoms with Crippen LogP contribution >= 0.6 is 0 Å². The van der Waals surface area contributed by atoms with Crippen molar-refractivity contribution in [3.05, 3.63) is 344 Å². The number of nitrogens with one attached hydrogen (secondary N) is 1. The molecule has 0 amide bonds. The first kappa shape index (κ1) is 56.8. The molecule has 1 N–H and O–H groups in total. The predicted molar refractivity (Wildman–Crippen MR) is 409 cm³/mol. The van der Waals surface area contributed by atoms with Gasteiger partial charge in [-0.15, -0.1) is 0 Å². The minimum atomic E-state index is -0.139. The van der Waals surface area contributed by atoms with E-state index in [4.69, 9.17) is 0 Å². The summed E-state index contributed by atoms with van der Waals surface area (Å²) in [6.45, 7) is 2.21. The molecule has 2 atom stereocenters. The maximum atomic E-state index is 13.5. The summed E-state index contributed by atoms with van der Waals surface area (Å²) < 4.78 is 7.47. The van der Waals surface area contributed by atoms with E-state index in [0.717, 1.165) is 179 Å². The Labute approximate surface area is 568 Å². The van der Waals surface area contributed by atoms with Gasteiger partial charge in [-0.1, -0.05) is 255 Å². The van der Waals surface area contributed by atoms with Gasteiger partial charge in [-0.2, -0.15) is 5.26 Å². The lowest BCUT2D eigenvalue weighted by Gasteiger charge is -2.36. The van der Waals surface area contributed by atoms with Crippen molar-refractivity contribution >= 4 is 88.2 Å². The van der Waals surface area contributed by atoms with Crippen molar-refractivity contribution in [1.29, 1.82) is 5.26 Å². The van der Waals surface area contributed by atoms with E-state index in [2.05, 4.69) is 365 Å². The highest BCUT2D eigenvalue weighted by Gasteiger charge is 2.44. The number of para-hydroxylation sites is 4. The maximum Gasteiger partial charge on any atom is 0.104 e. The van der Waals surface area contributed by atoms with Crippen LogP contribution in [0.25, 0.3) is 138 Å². The van der Waals surface area contributed by atoms with E-state index >= 15 is 0 Å². The topological polar surface area (TPSA) is 53.9 Å². The Hall–Kier alpha value is -12.7. The summed E-state index contributed by atoms with van der Waals surface area (Å²) in [4.78, 5) is 2.57. The zero-order valence-corrected chi connectivity index (χ0v) is 54.0. The molecule has 1 aliphatic carbocycles. The zero-order valence-electron chi connectivity index (χ0n) is 54.0. The normalized spacial score (nSPS) is 14.2. The van der Waals surface area contributed by atoms with Gasteiger partial charge in [-0.05, 0) is 154 Å². The van der Waals surface area contributed by atoms with Gasteiger partial charge in [0, 0.05) is 55.2 Å². The SMILES string of the molecule is Cc1ccccc1-c1ccccc1Nc1c(-n2c3ccc(-c4ccccc4)cc3c3cc(-c4ccccc4)ccc32)c(N2c3ccccc3C3CCC=CC32)c(C#N)c(-n2c3ccccc3c3ccccc32)c1-n1c2ccc(-c3ccccc3)cc2c2cc(-c3ccccc3)ccc21. The largest absolute Gasteiger partial charge is 0.351 e.